The number of nitrogens with two attached hydrogens (primary N) is 2. The molecule has 0 saturated heterocycles. The van der Waals surface area contributed by atoms with Crippen LogP contribution in [0.5, 0.6) is 0 Å². The van der Waals surface area contributed by atoms with E-state index >= 15 is 0 Å². The molecule has 90 valence electrons. The van der Waals surface area contributed by atoms with Gasteiger partial charge in [0.25, 0.3) is 0 Å². The largest absolute Gasteiger partial charge is 0.464 e. The van der Waals surface area contributed by atoms with Gasteiger partial charge in [-0.15, -0.1) is 0 Å². The molecule has 7 heteroatoms. The SMILES string of the molecule is COC(=O)c1nc(C=CCC(N)=O)cnc1N. The van der Waals surface area contributed by atoms with Crippen molar-refractivity contribution >= 4 is 23.8 Å². The quantitative estimate of drug-likeness (QED) is 0.694. The molecule has 0 aliphatic heterocycles. The molecule has 0 aliphatic rings. The van der Waals surface area contributed by atoms with Crippen molar-refractivity contribution in [3.8, 4) is 0 Å². The average Bonchev–Trinajstić information content (AvgIpc) is 2.30. The topological polar surface area (TPSA) is 121 Å². The van der Waals surface area contributed by atoms with Crippen molar-refractivity contribution in [3.63, 3.8) is 0 Å². The van der Waals surface area contributed by atoms with Crippen molar-refractivity contribution in [3.05, 3.63) is 23.7 Å². The minimum absolute atomic E-state index is 0.0103. The maximum Gasteiger partial charge on any atom is 0.360 e. The molecule has 0 spiro atoms. The van der Waals surface area contributed by atoms with E-state index in [1.807, 2.05) is 0 Å². The van der Waals surface area contributed by atoms with Gasteiger partial charge < -0.3 is 16.2 Å². The first-order valence-corrected chi connectivity index (χ1v) is 4.70. The Bertz CT molecular complexity index is 471. The average molecular weight is 236 g/mol. The van der Waals surface area contributed by atoms with E-state index in [0.717, 1.165) is 0 Å². The zero-order valence-electron chi connectivity index (χ0n) is 9.21. The summed E-state index contributed by atoms with van der Waals surface area (Å²) in [6, 6.07) is 0. The Balaban J connectivity index is 2.92. The molecule has 0 fully saturated rings. The van der Waals surface area contributed by atoms with Crippen LogP contribution in [-0.2, 0) is 9.53 Å². The van der Waals surface area contributed by atoms with Crippen LogP contribution in [0.4, 0.5) is 5.82 Å². The Hall–Kier alpha value is -2.44. The van der Waals surface area contributed by atoms with Crippen molar-refractivity contribution in [2.24, 2.45) is 5.73 Å². The molecule has 1 heterocycles. The molecule has 0 saturated carbocycles. The van der Waals surface area contributed by atoms with Crippen molar-refractivity contribution in [2.75, 3.05) is 12.8 Å². The van der Waals surface area contributed by atoms with Crippen LogP contribution in [-0.4, -0.2) is 29.0 Å². The maximum atomic E-state index is 11.3. The third-order valence-electron chi connectivity index (χ3n) is 1.81. The van der Waals surface area contributed by atoms with Gasteiger partial charge in [0, 0.05) is 6.42 Å². The lowest BCUT2D eigenvalue weighted by molar-refractivity contribution is -0.117. The zero-order valence-corrected chi connectivity index (χ0v) is 9.21. The molecule has 1 amide bonds. The Morgan fingerprint density at radius 1 is 1.53 bits per heavy atom. The highest BCUT2D eigenvalue weighted by atomic mass is 16.5. The monoisotopic (exact) mass is 236 g/mol. The van der Waals surface area contributed by atoms with Gasteiger partial charge in [-0.3, -0.25) is 4.79 Å². The molecular weight excluding hydrogens is 224 g/mol. The van der Waals surface area contributed by atoms with E-state index in [2.05, 4.69) is 14.7 Å². The highest BCUT2D eigenvalue weighted by Gasteiger charge is 2.13. The third kappa shape index (κ3) is 3.56. The van der Waals surface area contributed by atoms with Crippen LogP contribution >= 0.6 is 0 Å². The van der Waals surface area contributed by atoms with Gasteiger partial charge in [-0.2, -0.15) is 0 Å². The normalized spacial score (nSPS) is 10.4. The highest BCUT2D eigenvalue weighted by molar-refractivity contribution is 5.92. The molecule has 17 heavy (non-hydrogen) atoms. The van der Waals surface area contributed by atoms with Gasteiger partial charge >= 0.3 is 5.97 Å². The van der Waals surface area contributed by atoms with Gasteiger partial charge in [0.2, 0.25) is 5.91 Å². The summed E-state index contributed by atoms with van der Waals surface area (Å²) in [6.07, 6.45) is 4.49. The van der Waals surface area contributed by atoms with E-state index in [9.17, 15) is 9.59 Å². The minimum atomic E-state index is -0.667. The lowest BCUT2D eigenvalue weighted by atomic mass is 10.3. The number of amides is 1. The fourth-order valence-corrected chi connectivity index (χ4v) is 1.04. The first-order valence-electron chi connectivity index (χ1n) is 4.70. The number of ether oxygens (including phenoxy) is 1. The van der Waals surface area contributed by atoms with Gasteiger partial charge in [-0.25, -0.2) is 14.8 Å². The number of rotatable bonds is 4. The van der Waals surface area contributed by atoms with Crippen LogP contribution in [0.25, 0.3) is 6.08 Å². The third-order valence-corrected chi connectivity index (χ3v) is 1.81. The van der Waals surface area contributed by atoms with E-state index in [1.54, 1.807) is 0 Å². The molecule has 0 bridgehead atoms. The van der Waals surface area contributed by atoms with Crippen molar-refractivity contribution < 1.29 is 14.3 Å². The fraction of sp³-hybridized carbons (Fsp3) is 0.200. The van der Waals surface area contributed by atoms with Gasteiger partial charge in [0.05, 0.1) is 19.0 Å². The summed E-state index contributed by atoms with van der Waals surface area (Å²) in [7, 11) is 1.22. The summed E-state index contributed by atoms with van der Waals surface area (Å²) < 4.78 is 4.50. The maximum absolute atomic E-state index is 11.3. The minimum Gasteiger partial charge on any atom is -0.464 e. The number of esters is 1. The lowest BCUT2D eigenvalue weighted by Crippen LogP contribution is -2.11. The summed E-state index contributed by atoms with van der Waals surface area (Å²) in [6.45, 7) is 0. The Morgan fingerprint density at radius 2 is 2.24 bits per heavy atom. The highest BCUT2D eigenvalue weighted by Crippen LogP contribution is 2.08. The molecule has 0 aromatic carbocycles. The number of nitrogen functional groups attached to an aromatic ring is 1. The number of nitrogens with zero attached hydrogens (tertiary/aromatic N) is 2. The Kier molecular flexibility index (Phi) is 4.15. The number of hydrogen-bond acceptors (Lipinski definition) is 6. The van der Waals surface area contributed by atoms with E-state index in [0.29, 0.717) is 5.69 Å². The standard InChI is InChI=1S/C10H12N4O3/c1-17-10(16)8-9(12)13-5-6(14-8)3-2-4-7(11)15/h2-3,5H,4H2,1H3,(H2,11,15)(H2,12,13). The molecule has 1 rings (SSSR count). The first-order chi connectivity index (χ1) is 8.04. The van der Waals surface area contributed by atoms with Crippen molar-refractivity contribution in [1.82, 2.24) is 9.97 Å². The summed E-state index contributed by atoms with van der Waals surface area (Å²) in [5, 5.41) is 0. The fourth-order valence-electron chi connectivity index (χ4n) is 1.04. The number of primary amides is 1. The summed E-state index contributed by atoms with van der Waals surface area (Å²) in [5.41, 5.74) is 10.8. The molecule has 0 atom stereocenters. The molecule has 0 unspecified atom stereocenters. The van der Waals surface area contributed by atoms with Crippen LogP contribution < -0.4 is 11.5 Å². The number of carbonyl (C=O) groups excluding carboxylic acids is 2. The van der Waals surface area contributed by atoms with E-state index in [-0.39, 0.29) is 17.9 Å². The first kappa shape index (κ1) is 12.6. The number of anilines is 1. The molecule has 7 nitrogen and oxygen atoms in total. The van der Waals surface area contributed by atoms with Gasteiger partial charge in [0.1, 0.15) is 0 Å². The second-order valence-corrected chi connectivity index (χ2v) is 3.09. The zero-order chi connectivity index (χ0) is 12.8. The van der Waals surface area contributed by atoms with Crippen LogP contribution in [0.1, 0.15) is 22.6 Å². The molecule has 0 aliphatic carbocycles. The van der Waals surface area contributed by atoms with E-state index in [1.165, 1.54) is 25.5 Å². The Labute approximate surface area is 97.5 Å². The van der Waals surface area contributed by atoms with Crippen LogP contribution in [0, 0.1) is 0 Å². The summed E-state index contributed by atoms with van der Waals surface area (Å²) >= 11 is 0. The van der Waals surface area contributed by atoms with Crippen molar-refractivity contribution in [1.29, 1.82) is 0 Å². The number of aromatic nitrogens is 2. The number of hydrogen-bond donors (Lipinski definition) is 2. The molecule has 1 aromatic rings. The van der Waals surface area contributed by atoms with Gasteiger partial charge in [0.15, 0.2) is 11.5 Å². The predicted molar refractivity (Wildman–Crippen MR) is 60.6 cm³/mol. The van der Waals surface area contributed by atoms with Crippen LogP contribution in [0.2, 0.25) is 0 Å². The van der Waals surface area contributed by atoms with E-state index in [4.69, 9.17) is 11.5 Å². The second-order valence-electron chi connectivity index (χ2n) is 3.09. The summed E-state index contributed by atoms with van der Waals surface area (Å²) in [4.78, 5) is 29.5. The van der Waals surface area contributed by atoms with Crippen LogP contribution in [0.15, 0.2) is 12.3 Å². The number of methoxy groups -OCH3 is 1. The smallest absolute Gasteiger partial charge is 0.360 e. The molecule has 1 aromatic heterocycles. The lowest BCUT2D eigenvalue weighted by Gasteiger charge is -2.02. The van der Waals surface area contributed by atoms with Gasteiger partial charge in [-0.05, 0) is 6.08 Å². The van der Waals surface area contributed by atoms with Crippen LogP contribution in [0.3, 0.4) is 0 Å². The molecular formula is C10H12N4O3. The van der Waals surface area contributed by atoms with Gasteiger partial charge in [-0.1, -0.05) is 6.08 Å². The molecule has 4 N–H and O–H groups in total. The number of carbonyl (C=O) groups is 2. The van der Waals surface area contributed by atoms with E-state index < -0.39 is 11.9 Å². The molecule has 0 radical (unpaired) electrons. The Morgan fingerprint density at radius 3 is 2.82 bits per heavy atom. The van der Waals surface area contributed by atoms with Crippen molar-refractivity contribution in [2.45, 2.75) is 6.42 Å². The second kappa shape index (κ2) is 5.59. The predicted octanol–water partition coefficient (Wildman–Crippen LogP) is -0.266. The summed E-state index contributed by atoms with van der Waals surface area (Å²) in [5.74, 6) is -1.14.